The van der Waals surface area contributed by atoms with Crippen molar-refractivity contribution in [3.8, 4) is 0 Å². The summed E-state index contributed by atoms with van der Waals surface area (Å²) in [4.78, 5) is 18.8. The molecule has 182 valence electrons. The van der Waals surface area contributed by atoms with Gasteiger partial charge in [-0.25, -0.2) is 4.79 Å². The highest BCUT2D eigenvalue weighted by atomic mass is 35.5. The lowest BCUT2D eigenvalue weighted by atomic mass is 10.1. The highest BCUT2D eigenvalue weighted by Gasteiger charge is 2.20. The van der Waals surface area contributed by atoms with Crippen LogP contribution in [0, 0.1) is 0 Å². The molecule has 0 atom stereocenters. The summed E-state index contributed by atoms with van der Waals surface area (Å²) in [7, 11) is 0. The minimum atomic E-state index is -0.289. The SMILES string of the molecule is C=C(Nc1c(Cl)cc(CN2CCCC2)cc1Cl)N1CCN(c2ccc(C(=O)OCC)cc2)CC1. The average molecular weight is 503 g/mol. The van der Waals surface area contributed by atoms with Crippen LogP contribution in [0.3, 0.4) is 0 Å². The van der Waals surface area contributed by atoms with Gasteiger partial charge in [-0.15, -0.1) is 0 Å². The van der Waals surface area contributed by atoms with E-state index >= 15 is 0 Å². The summed E-state index contributed by atoms with van der Waals surface area (Å²) < 4.78 is 5.06. The molecule has 0 unspecified atom stereocenters. The van der Waals surface area contributed by atoms with E-state index in [1.165, 1.54) is 12.8 Å². The average Bonchev–Trinajstić information content (AvgIpc) is 3.35. The second-order valence-corrected chi connectivity index (χ2v) is 9.55. The number of carbonyl (C=O) groups excluding carboxylic acids is 1. The largest absolute Gasteiger partial charge is 0.462 e. The fourth-order valence-electron chi connectivity index (χ4n) is 4.52. The van der Waals surface area contributed by atoms with E-state index in [1.807, 2.05) is 36.4 Å². The molecule has 0 bridgehead atoms. The maximum atomic E-state index is 11.9. The molecule has 4 rings (SSSR count). The van der Waals surface area contributed by atoms with Gasteiger partial charge >= 0.3 is 5.97 Å². The predicted octanol–water partition coefficient (Wildman–Crippen LogP) is 5.47. The van der Waals surface area contributed by atoms with Gasteiger partial charge in [-0.2, -0.15) is 0 Å². The van der Waals surface area contributed by atoms with Crippen molar-refractivity contribution in [3.05, 3.63) is 70.0 Å². The van der Waals surface area contributed by atoms with E-state index in [0.717, 1.165) is 62.9 Å². The molecule has 2 fully saturated rings. The Morgan fingerprint density at radius 1 is 1.00 bits per heavy atom. The van der Waals surface area contributed by atoms with Crippen LogP contribution >= 0.6 is 23.2 Å². The van der Waals surface area contributed by atoms with Crippen molar-refractivity contribution in [3.63, 3.8) is 0 Å². The van der Waals surface area contributed by atoms with E-state index < -0.39 is 0 Å². The third-order valence-corrected chi connectivity index (χ3v) is 6.98. The number of ether oxygens (including phenoxy) is 1. The molecule has 1 N–H and O–H groups in total. The molecule has 0 aliphatic carbocycles. The summed E-state index contributed by atoms with van der Waals surface area (Å²) >= 11 is 13.2. The quantitative estimate of drug-likeness (QED) is 0.482. The lowest BCUT2D eigenvalue weighted by Gasteiger charge is -2.38. The van der Waals surface area contributed by atoms with Crippen LogP contribution in [0.1, 0.15) is 35.7 Å². The Morgan fingerprint density at radius 2 is 1.62 bits per heavy atom. The number of nitrogens with zero attached hydrogens (tertiary/aromatic N) is 3. The molecule has 2 aromatic carbocycles. The van der Waals surface area contributed by atoms with Crippen LogP contribution in [0.4, 0.5) is 11.4 Å². The Bertz CT molecular complexity index is 991. The summed E-state index contributed by atoms with van der Waals surface area (Å²) in [6.45, 7) is 12.9. The predicted molar refractivity (Wildman–Crippen MR) is 140 cm³/mol. The molecule has 8 heteroatoms. The van der Waals surface area contributed by atoms with Gasteiger partial charge in [0.2, 0.25) is 0 Å². The second kappa shape index (κ2) is 11.3. The van der Waals surface area contributed by atoms with Crippen molar-refractivity contribution in [1.82, 2.24) is 9.80 Å². The molecule has 2 aromatic rings. The first kappa shape index (κ1) is 24.7. The van der Waals surface area contributed by atoms with Crippen molar-refractivity contribution in [2.45, 2.75) is 26.3 Å². The highest BCUT2D eigenvalue weighted by Crippen LogP contribution is 2.34. The van der Waals surface area contributed by atoms with Gasteiger partial charge in [-0.05, 0) is 74.8 Å². The van der Waals surface area contributed by atoms with Gasteiger partial charge in [0.1, 0.15) is 0 Å². The normalized spacial score (nSPS) is 16.6. The minimum absolute atomic E-state index is 0.289. The summed E-state index contributed by atoms with van der Waals surface area (Å²) in [5.74, 6) is 0.496. The summed E-state index contributed by atoms with van der Waals surface area (Å²) in [6.07, 6.45) is 2.51. The zero-order valence-corrected chi connectivity index (χ0v) is 21.2. The first-order valence-electron chi connectivity index (χ1n) is 11.9. The molecule has 2 aliphatic rings. The van der Waals surface area contributed by atoms with Crippen LogP contribution in [0.2, 0.25) is 10.0 Å². The number of anilines is 2. The van der Waals surface area contributed by atoms with Crippen molar-refractivity contribution >= 4 is 40.5 Å². The Kier molecular flexibility index (Phi) is 8.24. The van der Waals surface area contributed by atoms with Crippen LogP contribution in [-0.4, -0.2) is 61.6 Å². The molecule has 0 spiro atoms. The number of likely N-dealkylation sites (tertiary alicyclic amines) is 1. The lowest BCUT2D eigenvalue weighted by molar-refractivity contribution is 0.0526. The number of halogens is 2. The molecule has 0 aromatic heterocycles. The number of hydrogen-bond acceptors (Lipinski definition) is 6. The van der Waals surface area contributed by atoms with E-state index in [0.29, 0.717) is 27.9 Å². The van der Waals surface area contributed by atoms with E-state index in [1.54, 1.807) is 6.92 Å². The van der Waals surface area contributed by atoms with E-state index in [-0.39, 0.29) is 5.97 Å². The third kappa shape index (κ3) is 5.98. The Balaban J connectivity index is 1.31. The number of rotatable bonds is 8. The number of esters is 1. The number of piperazine rings is 1. The molecule has 6 nitrogen and oxygen atoms in total. The van der Waals surface area contributed by atoms with Gasteiger partial charge in [-0.3, -0.25) is 4.90 Å². The Morgan fingerprint density at radius 3 is 2.21 bits per heavy atom. The maximum absolute atomic E-state index is 11.9. The standard InChI is InChI=1S/C26H32Cl2N4O2/c1-3-34-26(33)21-6-8-22(9-7-21)32-14-12-31(13-15-32)19(2)29-25-23(27)16-20(17-24(25)28)18-30-10-4-5-11-30/h6-9,16-17,29H,2-5,10-15,18H2,1H3. The smallest absolute Gasteiger partial charge is 0.338 e. The lowest BCUT2D eigenvalue weighted by Crippen LogP contribution is -2.46. The van der Waals surface area contributed by atoms with Gasteiger partial charge in [0, 0.05) is 38.4 Å². The zero-order chi connectivity index (χ0) is 24.1. The van der Waals surface area contributed by atoms with Gasteiger partial charge in [-0.1, -0.05) is 29.8 Å². The van der Waals surface area contributed by atoms with Gasteiger partial charge < -0.3 is 19.9 Å². The molecular formula is C26H32Cl2N4O2. The first-order chi connectivity index (χ1) is 16.4. The number of carbonyl (C=O) groups is 1. The van der Waals surface area contributed by atoms with Crippen LogP contribution in [0.25, 0.3) is 0 Å². The molecule has 0 saturated carbocycles. The van der Waals surface area contributed by atoms with Crippen molar-refractivity contribution in [2.24, 2.45) is 0 Å². The molecule has 2 heterocycles. The molecule has 0 radical (unpaired) electrons. The first-order valence-corrected chi connectivity index (χ1v) is 12.6. The summed E-state index contributed by atoms with van der Waals surface area (Å²) in [5, 5.41) is 4.57. The van der Waals surface area contributed by atoms with Crippen molar-refractivity contribution in [1.29, 1.82) is 0 Å². The molecule has 34 heavy (non-hydrogen) atoms. The minimum Gasteiger partial charge on any atom is -0.462 e. The van der Waals surface area contributed by atoms with E-state index in [2.05, 4.69) is 26.6 Å². The van der Waals surface area contributed by atoms with Gasteiger partial charge in [0.25, 0.3) is 0 Å². The fourth-order valence-corrected chi connectivity index (χ4v) is 5.14. The zero-order valence-electron chi connectivity index (χ0n) is 19.7. The topological polar surface area (TPSA) is 48.0 Å². The van der Waals surface area contributed by atoms with Crippen LogP contribution in [0.5, 0.6) is 0 Å². The molecule has 2 aliphatic heterocycles. The number of nitrogens with one attached hydrogen (secondary N) is 1. The fraction of sp³-hybridized carbons (Fsp3) is 0.423. The molecular weight excluding hydrogens is 471 g/mol. The summed E-state index contributed by atoms with van der Waals surface area (Å²) in [5.41, 5.74) is 3.50. The van der Waals surface area contributed by atoms with Crippen molar-refractivity contribution in [2.75, 3.05) is 56.1 Å². The van der Waals surface area contributed by atoms with Crippen LogP contribution in [-0.2, 0) is 11.3 Å². The molecule has 0 amide bonds. The van der Waals surface area contributed by atoms with E-state index in [9.17, 15) is 4.79 Å². The maximum Gasteiger partial charge on any atom is 0.338 e. The molecule has 2 saturated heterocycles. The third-order valence-electron chi connectivity index (χ3n) is 6.38. The highest BCUT2D eigenvalue weighted by molar-refractivity contribution is 6.39. The van der Waals surface area contributed by atoms with Crippen LogP contribution < -0.4 is 10.2 Å². The monoisotopic (exact) mass is 502 g/mol. The van der Waals surface area contributed by atoms with Gasteiger partial charge in [0.05, 0.1) is 33.7 Å². The Labute approximate surface area is 212 Å². The van der Waals surface area contributed by atoms with Gasteiger partial charge in [0.15, 0.2) is 0 Å². The summed E-state index contributed by atoms with van der Waals surface area (Å²) in [6, 6.07) is 11.6. The number of benzene rings is 2. The Hall–Kier alpha value is -2.41. The number of hydrogen-bond donors (Lipinski definition) is 1. The second-order valence-electron chi connectivity index (χ2n) is 8.73. The van der Waals surface area contributed by atoms with Crippen LogP contribution in [0.15, 0.2) is 48.8 Å². The van der Waals surface area contributed by atoms with E-state index in [4.69, 9.17) is 27.9 Å². The van der Waals surface area contributed by atoms with Crippen molar-refractivity contribution < 1.29 is 9.53 Å².